The first-order valence-electron chi connectivity index (χ1n) is 10.8. The number of hydrogen-bond donors (Lipinski definition) is 0. The topological polar surface area (TPSA) is 46.6 Å². The largest absolute Gasteiger partial charge is 0.426 e. The molecule has 2 heterocycles. The monoisotopic (exact) mass is 485 g/mol. The van der Waals surface area contributed by atoms with Gasteiger partial charge in [0.1, 0.15) is 5.75 Å². The number of ether oxygens (including phenoxy) is 1. The number of carbonyl (C=O) groups is 2. The number of carbonyl (C=O) groups excluding carboxylic acids is 2. The molecule has 34 heavy (non-hydrogen) atoms. The predicted octanol–water partition coefficient (Wildman–Crippen LogP) is 6.07. The highest BCUT2D eigenvalue weighted by Gasteiger charge is 2.37. The molecule has 4 rings (SSSR count). The van der Waals surface area contributed by atoms with Crippen molar-refractivity contribution in [2.24, 2.45) is 5.92 Å². The molecule has 2 aliphatic rings. The van der Waals surface area contributed by atoms with E-state index >= 15 is 0 Å². The number of esters is 1. The molecule has 0 bridgehead atoms. The zero-order valence-electron chi connectivity index (χ0n) is 17.9. The Kier molecular flexibility index (Phi) is 6.35. The third kappa shape index (κ3) is 5.37. The lowest BCUT2D eigenvalue weighted by atomic mass is 9.90. The van der Waals surface area contributed by atoms with Gasteiger partial charge in [-0.25, -0.2) is 0 Å². The number of rotatable bonds is 5. The van der Waals surface area contributed by atoms with E-state index in [4.69, 9.17) is 4.74 Å². The molecule has 0 atom stereocenters. The second-order valence-corrected chi connectivity index (χ2v) is 8.63. The van der Waals surface area contributed by atoms with E-state index in [1.807, 2.05) is 0 Å². The Labute approximate surface area is 191 Å². The summed E-state index contributed by atoms with van der Waals surface area (Å²) in [6.45, 7) is 0.596. The summed E-state index contributed by atoms with van der Waals surface area (Å²) in [5, 5.41) is 0. The lowest BCUT2D eigenvalue weighted by molar-refractivity contribution is -0.143. The van der Waals surface area contributed by atoms with E-state index in [1.165, 1.54) is 4.90 Å². The van der Waals surface area contributed by atoms with E-state index in [0.29, 0.717) is 43.7 Å². The molecule has 0 unspecified atom stereocenters. The molecule has 1 fully saturated rings. The number of nitrogens with zero attached hydrogens (tertiary/aromatic N) is 1. The van der Waals surface area contributed by atoms with Gasteiger partial charge >= 0.3 is 18.3 Å². The van der Waals surface area contributed by atoms with Crippen molar-refractivity contribution in [2.75, 3.05) is 18.0 Å². The Balaban J connectivity index is 1.36. The molecule has 2 aromatic rings. The van der Waals surface area contributed by atoms with Crippen LogP contribution in [0.1, 0.15) is 52.7 Å². The molecule has 0 amide bonds. The summed E-state index contributed by atoms with van der Waals surface area (Å²) in [7, 11) is 0. The second kappa shape index (κ2) is 8.96. The number of benzene rings is 2. The first kappa shape index (κ1) is 24.1. The van der Waals surface area contributed by atoms with Gasteiger partial charge in [0.2, 0.25) is 0 Å². The van der Waals surface area contributed by atoms with E-state index < -0.39 is 23.5 Å². The highest BCUT2D eigenvalue weighted by Crippen LogP contribution is 2.39. The van der Waals surface area contributed by atoms with Gasteiger partial charge in [-0.1, -0.05) is 12.1 Å². The Bertz CT molecular complexity index is 1070. The predicted molar refractivity (Wildman–Crippen MR) is 111 cm³/mol. The van der Waals surface area contributed by atoms with Crippen molar-refractivity contribution in [2.45, 2.75) is 44.5 Å². The average Bonchev–Trinajstić information content (AvgIpc) is 3.15. The molecular formula is C24H21F6NO3. The van der Waals surface area contributed by atoms with Gasteiger partial charge in [-0.2, -0.15) is 26.3 Å². The molecular weight excluding hydrogens is 464 g/mol. The van der Waals surface area contributed by atoms with Crippen molar-refractivity contribution in [3.63, 3.8) is 0 Å². The molecule has 0 aliphatic carbocycles. The molecule has 0 saturated carbocycles. The number of alkyl halides is 6. The molecule has 0 aromatic heterocycles. The summed E-state index contributed by atoms with van der Waals surface area (Å²) in [5.74, 6) is 0.0409. The van der Waals surface area contributed by atoms with Crippen LogP contribution in [0.15, 0.2) is 36.4 Å². The molecule has 0 N–H and O–H groups in total. The summed E-state index contributed by atoms with van der Waals surface area (Å²) >= 11 is 0. The molecule has 4 nitrogen and oxygen atoms in total. The van der Waals surface area contributed by atoms with Gasteiger partial charge in [0.15, 0.2) is 5.78 Å². The van der Waals surface area contributed by atoms with Gasteiger partial charge in [-0.15, -0.1) is 0 Å². The minimum Gasteiger partial charge on any atom is -0.426 e. The standard InChI is InChI=1S/C24H21F6NO3/c25-23(26,27)17-11-18(24(28,29)30)13-19(12-17)31-7-5-14(6-8-31)1-4-20(32)15-2-3-16-10-22(33)34-21(16)9-15/h2-3,9,11-14H,1,4-8,10H2. The first-order valence-corrected chi connectivity index (χ1v) is 10.8. The molecule has 2 aliphatic heterocycles. The minimum atomic E-state index is -4.88. The molecule has 2 aromatic carbocycles. The quantitative estimate of drug-likeness (QED) is 0.223. The SMILES string of the molecule is O=C1Cc2ccc(C(=O)CCC3CCN(c4cc(C(F)(F)F)cc(C(F)(F)F)c4)CC3)cc2O1. The van der Waals surface area contributed by atoms with Crippen LogP contribution in [0.3, 0.4) is 0 Å². The van der Waals surface area contributed by atoms with Crippen LogP contribution >= 0.6 is 0 Å². The molecule has 1 saturated heterocycles. The number of Topliss-reactive ketones (excluding diaryl/α,β-unsaturated/α-hetero) is 1. The van der Waals surface area contributed by atoms with Crippen molar-refractivity contribution in [1.29, 1.82) is 0 Å². The maximum absolute atomic E-state index is 13.1. The third-order valence-corrected chi connectivity index (χ3v) is 6.28. The van der Waals surface area contributed by atoms with E-state index in [1.54, 1.807) is 18.2 Å². The van der Waals surface area contributed by atoms with Crippen molar-refractivity contribution in [3.8, 4) is 5.75 Å². The van der Waals surface area contributed by atoms with Gasteiger partial charge in [-0.3, -0.25) is 9.59 Å². The maximum atomic E-state index is 13.1. The summed E-state index contributed by atoms with van der Waals surface area (Å²) in [4.78, 5) is 25.4. The number of piperidine rings is 1. The zero-order valence-corrected chi connectivity index (χ0v) is 17.9. The fraction of sp³-hybridized carbons (Fsp3) is 0.417. The van der Waals surface area contributed by atoms with Gasteiger partial charge in [0.25, 0.3) is 0 Å². The van der Waals surface area contributed by atoms with Crippen molar-refractivity contribution in [1.82, 2.24) is 0 Å². The maximum Gasteiger partial charge on any atom is 0.416 e. The number of ketones is 1. The summed E-state index contributed by atoms with van der Waals surface area (Å²) in [6.07, 6.45) is -7.69. The van der Waals surface area contributed by atoms with Crippen molar-refractivity contribution >= 4 is 17.4 Å². The minimum absolute atomic E-state index is 0.107. The smallest absolute Gasteiger partial charge is 0.416 e. The Morgan fingerprint density at radius 3 is 2.15 bits per heavy atom. The molecule has 0 radical (unpaired) electrons. The zero-order chi connectivity index (χ0) is 24.7. The van der Waals surface area contributed by atoms with Crippen LogP contribution in [-0.4, -0.2) is 24.8 Å². The van der Waals surface area contributed by atoms with E-state index in [-0.39, 0.29) is 42.3 Å². The van der Waals surface area contributed by atoms with Crippen LogP contribution in [0.25, 0.3) is 0 Å². The van der Waals surface area contributed by atoms with Crippen molar-refractivity contribution in [3.05, 3.63) is 58.7 Å². The van der Waals surface area contributed by atoms with Gasteiger partial charge < -0.3 is 9.64 Å². The van der Waals surface area contributed by atoms with Crippen LogP contribution in [0.2, 0.25) is 0 Å². The van der Waals surface area contributed by atoms with Crippen LogP contribution in [-0.2, 0) is 23.6 Å². The van der Waals surface area contributed by atoms with Crippen LogP contribution in [0.4, 0.5) is 32.0 Å². The molecule has 10 heteroatoms. The Morgan fingerprint density at radius 2 is 1.56 bits per heavy atom. The third-order valence-electron chi connectivity index (χ3n) is 6.28. The van der Waals surface area contributed by atoms with Crippen LogP contribution in [0, 0.1) is 5.92 Å². The van der Waals surface area contributed by atoms with E-state index in [9.17, 15) is 35.9 Å². The normalized spacial score (nSPS) is 17.0. The summed E-state index contributed by atoms with van der Waals surface area (Å²) in [6, 6.07) is 6.52. The second-order valence-electron chi connectivity index (χ2n) is 8.63. The Morgan fingerprint density at radius 1 is 0.941 bits per heavy atom. The highest BCUT2D eigenvalue weighted by molar-refractivity contribution is 5.97. The average molecular weight is 485 g/mol. The summed E-state index contributed by atoms with van der Waals surface area (Å²) < 4.78 is 83.9. The lowest BCUT2D eigenvalue weighted by Crippen LogP contribution is -2.34. The fourth-order valence-electron chi connectivity index (χ4n) is 4.36. The Hall–Kier alpha value is -3.04. The van der Waals surface area contributed by atoms with Gasteiger partial charge in [0, 0.05) is 36.3 Å². The summed E-state index contributed by atoms with van der Waals surface area (Å²) in [5.41, 5.74) is -1.59. The van der Waals surface area contributed by atoms with E-state index in [0.717, 1.165) is 17.7 Å². The van der Waals surface area contributed by atoms with Crippen LogP contribution < -0.4 is 9.64 Å². The lowest BCUT2D eigenvalue weighted by Gasteiger charge is -2.34. The molecule has 0 spiro atoms. The first-order chi connectivity index (χ1) is 15.9. The fourth-order valence-corrected chi connectivity index (χ4v) is 4.36. The highest BCUT2D eigenvalue weighted by atomic mass is 19.4. The number of hydrogen-bond acceptors (Lipinski definition) is 4. The number of fused-ring (bicyclic) bond motifs is 1. The van der Waals surface area contributed by atoms with Gasteiger partial charge in [0.05, 0.1) is 17.5 Å². The number of anilines is 1. The van der Waals surface area contributed by atoms with Crippen LogP contribution in [0.5, 0.6) is 5.75 Å². The van der Waals surface area contributed by atoms with Crippen molar-refractivity contribution < 1.29 is 40.7 Å². The van der Waals surface area contributed by atoms with E-state index in [2.05, 4.69) is 0 Å². The molecule has 182 valence electrons. The number of halogens is 6. The van der Waals surface area contributed by atoms with Gasteiger partial charge in [-0.05, 0) is 49.4 Å².